The van der Waals surface area contributed by atoms with Gasteiger partial charge >= 0.3 is 5.69 Å². The third-order valence-corrected chi connectivity index (χ3v) is 2.73. The number of nitrogens with zero attached hydrogens (tertiary/aromatic N) is 4. The molecule has 0 saturated heterocycles. The molecule has 7 heteroatoms. The summed E-state index contributed by atoms with van der Waals surface area (Å²) in [7, 11) is 4.03. The lowest BCUT2D eigenvalue weighted by Crippen LogP contribution is -2.31. The van der Waals surface area contributed by atoms with E-state index in [4.69, 9.17) is 0 Å². The average Bonchev–Trinajstić information content (AvgIpc) is 2.68. The number of rotatable bonds is 4. The van der Waals surface area contributed by atoms with Gasteiger partial charge in [0.2, 0.25) is 0 Å². The number of anilines is 1. The summed E-state index contributed by atoms with van der Waals surface area (Å²) in [6, 6.07) is 3.93. The molecule has 0 spiro atoms. The minimum Gasteiger partial charge on any atom is -0.367 e. The van der Waals surface area contributed by atoms with Crippen LogP contribution in [-0.2, 0) is 0 Å². The van der Waals surface area contributed by atoms with Crippen LogP contribution in [-0.4, -0.2) is 51.4 Å². The summed E-state index contributed by atoms with van der Waals surface area (Å²) in [5.41, 5.74) is 0.186. The van der Waals surface area contributed by atoms with Gasteiger partial charge in [0.25, 0.3) is 0 Å². The fraction of sp³-hybridized carbons (Fsp3) is 0.500. The van der Waals surface area contributed by atoms with Gasteiger partial charge in [-0.2, -0.15) is 9.61 Å². The van der Waals surface area contributed by atoms with Gasteiger partial charge in [-0.15, -0.1) is 5.10 Å². The molecule has 17 heavy (non-hydrogen) atoms. The highest BCUT2D eigenvalue weighted by Crippen LogP contribution is 2.03. The zero-order valence-corrected chi connectivity index (χ0v) is 10.1. The lowest BCUT2D eigenvalue weighted by atomic mass is 10.3. The molecule has 0 bridgehead atoms. The Morgan fingerprint density at radius 2 is 2.29 bits per heavy atom. The molecule has 0 amide bonds. The number of fused-ring (bicyclic) bond motifs is 1. The second-order valence-corrected chi connectivity index (χ2v) is 4.21. The summed E-state index contributed by atoms with van der Waals surface area (Å²) >= 11 is 0. The summed E-state index contributed by atoms with van der Waals surface area (Å²) in [4.78, 5) is 13.4. The van der Waals surface area contributed by atoms with Gasteiger partial charge in [-0.1, -0.05) is 0 Å². The van der Waals surface area contributed by atoms with E-state index in [-0.39, 0.29) is 5.69 Å². The molecule has 0 saturated carbocycles. The van der Waals surface area contributed by atoms with Gasteiger partial charge in [0, 0.05) is 12.6 Å². The Morgan fingerprint density at radius 3 is 3.00 bits per heavy atom. The van der Waals surface area contributed by atoms with Crippen molar-refractivity contribution in [3.05, 3.63) is 22.6 Å². The normalized spacial score (nSPS) is 13.2. The quantitative estimate of drug-likeness (QED) is 0.767. The number of nitrogens with one attached hydrogen (secondary N) is 2. The molecule has 2 rings (SSSR count). The van der Waals surface area contributed by atoms with Crippen LogP contribution in [0.2, 0.25) is 0 Å². The van der Waals surface area contributed by atoms with E-state index in [9.17, 15) is 4.79 Å². The molecule has 1 atom stereocenters. The number of hydrogen-bond acceptors (Lipinski definition) is 5. The molecule has 0 radical (unpaired) electrons. The monoisotopic (exact) mass is 236 g/mol. The first kappa shape index (κ1) is 11.6. The summed E-state index contributed by atoms with van der Waals surface area (Å²) in [5, 5.41) is 13.5. The van der Waals surface area contributed by atoms with Crippen molar-refractivity contribution < 1.29 is 0 Å². The van der Waals surface area contributed by atoms with Crippen LogP contribution >= 0.6 is 0 Å². The Morgan fingerprint density at radius 1 is 1.53 bits per heavy atom. The van der Waals surface area contributed by atoms with E-state index in [0.29, 0.717) is 17.5 Å². The Balaban J connectivity index is 2.14. The lowest BCUT2D eigenvalue weighted by molar-refractivity contribution is 0.326. The molecule has 0 fully saturated rings. The number of likely N-dealkylation sites (N-methyl/N-ethyl adjacent to an activating group) is 1. The second-order valence-electron chi connectivity index (χ2n) is 4.21. The molecule has 2 aromatic heterocycles. The van der Waals surface area contributed by atoms with Gasteiger partial charge in [0.1, 0.15) is 5.82 Å². The first-order valence-electron chi connectivity index (χ1n) is 5.42. The third-order valence-electron chi connectivity index (χ3n) is 2.73. The van der Waals surface area contributed by atoms with E-state index in [1.54, 1.807) is 12.1 Å². The Labute approximate surface area is 98.4 Å². The van der Waals surface area contributed by atoms with Crippen LogP contribution in [0.15, 0.2) is 16.9 Å². The number of aromatic amines is 1. The van der Waals surface area contributed by atoms with Gasteiger partial charge in [0.05, 0.1) is 0 Å². The highest BCUT2D eigenvalue weighted by molar-refractivity contribution is 5.42. The van der Waals surface area contributed by atoms with E-state index in [1.807, 2.05) is 14.1 Å². The average molecular weight is 236 g/mol. The summed E-state index contributed by atoms with van der Waals surface area (Å²) in [6.07, 6.45) is 0. The summed E-state index contributed by atoms with van der Waals surface area (Å²) in [5.74, 6) is 0.662. The first-order valence-corrected chi connectivity index (χ1v) is 5.42. The van der Waals surface area contributed by atoms with E-state index >= 15 is 0 Å². The highest BCUT2D eigenvalue weighted by atomic mass is 16.2. The minimum atomic E-state index is -0.329. The van der Waals surface area contributed by atoms with Crippen LogP contribution in [0.5, 0.6) is 0 Å². The molecule has 1 unspecified atom stereocenters. The van der Waals surface area contributed by atoms with Crippen LogP contribution in [0.25, 0.3) is 5.65 Å². The summed E-state index contributed by atoms with van der Waals surface area (Å²) in [6.45, 7) is 2.87. The zero-order valence-electron chi connectivity index (χ0n) is 10.1. The van der Waals surface area contributed by atoms with E-state index in [1.165, 1.54) is 4.52 Å². The molecule has 2 heterocycles. The van der Waals surface area contributed by atoms with Crippen LogP contribution < -0.4 is 11.0 Å². The van der Waals surface area contributed by atoms with Crippen LogP contribution in [0, 0.1) is 0 Å². The van der Waals surface area contributed by atoms with Crippen LogP contribution in [0.4, 0.5) is 5.82 Å². The van der Waals surface area contributed by atoms with Crippen molar-refractivity contribution in [1.29, 1.82) is 0 Å². The summed E-state index contributed by atoms with van der Waals surface area (Å²) < 4.78 is 1.24. The van der Waals surface area contributed by atoms with Crippen molar-refractivity contribution >= 4 is 11.5 Å². The molecule has 0 aliphatic heterocycles. The van der Waals surface area contributed by atoms with Crippen molar-refractivity contribution in [2.45, 2.75) is 13.0 Å². The predicted octanol–water partition coefficient (Wildman–Crippen LogP) is -0.220. The molecule has 7 nitrogen and oxygen atoms in total. The van der Waals surface area contributed by atoms with Gasteiger partial charge in [-0.05, 0) is 33.2 Å². The molecule has 0 aliphatic carbocycles. The number of H-pyrrole nitrogens is 1. The van der Waals surface area contributed by atoms with Crippen molar-refractivity contribution in [1.82, 2.24) is 24.7 Å². The standard InChI is InChI=1S/C10H16N6O/c1-7(15(2)3)6-11-8-4-5-9-12-13-10(17)16(9)14-8/h4-5,7H,6H2,1-3H3,(H,11,14)(H,13,17). The van der Waals surface area contributed by atoms with Gasteiger partial charge < -0.3 is 10.2 Å². The van der Waals surface area contributed by atoms with Crippen molar-refractivity contribution in [2.75, 3.05) is 26.0 Å². The molecular weight excluding hydrogens is 220 g/mol. The van der Waals surface area contributed by atoms with Crippen molar-refractivity contribution in [3.63, 3.8) is 0 Å². The first-order chi connectivity index (χ1) is 8.08. The Bertz CT molecular complexity index is 557. The Kier molecular flexibility index (Phi) is 3.10. The Hall–Kier alpha value is -1.89. The number of aromatic nitrogens is 4. The fourth-order valence-electron chi connectivity index (χ4n) is 1.33. The van der Waals surface area contributed by atoms with E-state index in [0.717, 1.165) is 6.54 Å². The molecule has 2 aromatic rings. The minimum absolute atomic E-state index is 0.329. The smallest absolute Gasteiger partial charge is 0.364 e. The van der Waals surface area contributed by atoms with Gasteiger partial charge in [-0.25, -0.2) is 9.89 Å². The SMILES string of the molecule is CC(CNc1ccc2n[nH]c(=O)n2n1)N(C)C. The lowest BCUT2D eigenvalue weighted by Gasteiger charge is -2.20. The molecule has 92 valence electrons. The molecular formula is C10H16N6O. The maximum Gasteiger partial charge on any atom is 0.364 e. The molecule has 0 aromatic carbocycles. The third kappa shape index (κ3) is 2.44. The molecule has 0 aliphatic rings. The number of hydrogen-bond donors (Lipinski definition) is 2. The van der Waals surface area contributed by atoms with Gasteiger partial charge in [-0.3, -0.25) is 0 Å². The van der Waals surface area contributed by atoms with Crippen LogP contribution in [0.3, 0.4) is 0 Å². The van der Waals surface area contributed by atoms with E-state index in [2.05, 4.69) is 32.4 Å². The predicted molar refractivity (Wildman–Crippen MR) is 65.2 cm³/mol. The van der Waals surface area contributed by atoms with Crippen molar-refractivity contribution in [2.24, 2.45) is 0 Å². The highest BCUT2D eigenvalue weighted by Gasteiger charge is 2.06. The second kappa shape index (κ2) is 4.54. The maximum absolute atomic E-state index is 11.3. The van der Waals surface area contributed by atoms with Crippen LogP contribution in [0.1, 0.15) is 6.92 Å². The van der Waals surface area contributed by atoms with E-state index < -0.39 is 0 Å². The molecule has 2 N–H and O–H groups in total. The van der Waals surface area contributed by atoms with Gasteiger partial charge in [0.15, 0.2) is 5.65 Å². The fourth-order valence-corrected chi connectivity index (χ4v) is 1.33. The largest absolute Gasteiger partial charge is 0.367 e. The topological polar surface area (TPSA) is 78.3 Å². The van der Waals surface area contributed by atoms with Crippen molar-refractivity contribution in [3.8, 4) is 0 Å². The maximum atomic E-state index is 11.3. The zero-order chi connectivity index (χ0) is 12.4.